The van der Waals surface area contributed by atoms with Crippen LogP contribution in [0.1, 0.15) is 120 Å². The van der Waals surface area contributed by atoms with Crippen LogP contribution in [0.15, 0.2) is 120 Å². The topological polar surface area (TPSA) is 6.48 Å². The van der Waals surface area contributed by atoms with Gasteiger partial charge in [0.1, 0.15) is 0 Å². The maximum atomic E-state index is 2.62. The molecule has 55 heavy (non-hydrogen) atoms. The summed E-state index contributed by atoms with van der Waals surface area (Å²) in [6.45, 7) is 16.8. The van der Waals surface area contributed by atoms with E-state index in [0.29, 0.717) is 6.04 Å². The summed E-state index contributed by atoms with van der Waals surface area (Å²) in [7, 11) is 0. The van der Waals surface area contributed by atoms with Crippen LogP contribution in [0.5, 0.6) is 0 Å². The number of nitrogens with zero attached hydrogens (tertiary/aromatic N) is 2. The highest BCUT2D eigenvalue weighted by molar-refractivity contribution is 5.87. The van der Waals surface area contributed by atoms with Crippen LogP contribution in [-0.2, 0) is 17.3 Å². The molecule has 5 aromatic carbocycles. The van der Waals surface area contributed by atoms with Crippen LogP contribution in [0.3, 0.4) is 0 Å². The summed E-state index contributed by atoms with van der Waals surface area (Å²) in [5.41, 5.74) is 22.1. The molecule has 1 atom stereocenters. The molecule has 3 aliphatic carbocycles. The highest BCUT2D eigenvalue weighted by Crippen LogP contribution is 2.53. The van der Waals surface area contributed by atoms with E-state index in [1.807, 2.05) is 0 Å². The fourth-order valence-electron chi connectivity index (χ4n) is 10.8. The summed E-state index contributed by atoms with van der Waals surface area (Å²) in [5, 5.41) is 0. The number of benzene rings is 5. The van der Waals surface area contributed by atoms with Gasteiger partial charge < -0.3 is 9.80 Å². The maximum Gasteiger partial charge on any atom is 0.0448 e. The van der Waals surface area contributed by atoms with E-state index < -0.39 is 0 Å². The zero-order valence-electron chi connectivity index (χ0n) is 33.8. The van der Waals surface area contributed by atoms with Crippen LogP contribution < -0.4 is 9.80 Å². The molecule has 0 fully saturated rings. The Labute approximate surface area is 328 Å². The van der Waals surface area contributed by atoms with Crippen LogP contribution >= 0.6 is 0 Å². The first-order valence-electron chi connectivity index (χ1n) is 20.7. The molecule has 5 aliphatic rings. The number of para-hydroxylation sites is 1. The zero-order chi connectivity index (χ0) is 37.9. The average Bonchev–Trinajstić information content (AvgIpc) is 3.54. The highest BCUT2D eigenvalue weighted by atomic mass is 15.2. The molecular formula is C53H54N2. The first kappa shape index (κ1) is 34.4. The molecule has 0 aromatic heterocycles. The summed E-state index contributed by atoms with van der Waals surface area (Å²) in [4.78, 5) is 5.21. The van der Waals surface area contributed by atoms with Crippen molar-refractivity contribution in [3.05, 3.63) is 159 Å². The second-order valence-corrected chi connectivity index (χ2v) is 18.6. The Morgan fingerprint density at radius 1 is 0.600 bits per heavy atom. The summed E-state index contributed by atoms with van der Waals surface area (Å²) in [6.07, 6.45) is 16.5. The minimum atomic E-state index is -0.0937. The summed E-state index contributed by atoms with van der Waals surface area (Å²) < 4.78 is 0. The van der Waals surface area contributed by atoms with Gasteiger partial charge in [-0.25, -0.2) is 0 Å². The van der Waals surface area contributed by atoms with Gasteiger partial charge in [0.15, 0.2) is 0 Å². The van der Waals surface area contributed by atoms with E-state index in [4.69, 9.17) is 0 Å². The zero-order valence-corrected chi connectivity index (χ0v) is 33.8. The molecule has 2 heteroatoms. The van der Waals surface area contributed by atoms with E-state index >= 15 is 0 Å². The van der Waals surface area contributed by atoms with E-state index in [1.54, 1.807) is 5.57 Å². The second kappa shape index (κ2) is 12.2. The predicted octanol–water partition coefficient (Wildman–Crippen LogP) is 13.9. The minimum Gasteiger partial charge on any atom is -0.339 e. The molecular weight excluding hydrogens is 665 g/mol. The van der Waals surface area contributed by atoms with Gasteiger partial charge in [0.25, 0.3) is 0 Å². The number of rotatable bonds is 4. The molecule has 0 bridgehead atoms. The molecule has 2 nitrogen and oxygen atoms in total. The van der Waals surface area contributed by atoms with Crippen molar-refractivity contribution in [2.24, 2.45) is 0 Å². The number of fused-ring (bicyclic) bond motifs is 7. The van der Waals surface area contributed by atoms with Gasteiger partial charge in [0, 0.05) is 45.2 Å². The number of aryl methyl sites for hydroxylation is 1. The Bertz CT molecular complexity index is 2500. The van der Waals surface area contributed by atoms with Crippen LogP contribution in [-0.4, -0.2) is 11.6 Å². The van der Waals surface area contributed by atoms with Crippen molar-refractivity contribution < 1.29 is 0 Å². The number of allylic oxidation sites excluding steroid dienone is 3. The maximum absolute atomic E-state index is 2.62. The van der Waals surface area contributed by atoms with E-state index in [0.717, 1.165) is 12.8 Å². The van der Waals surface area contributed by atoms with Crippen LogP contribution in [0.25, 0.3) is 34.4 Å². The molecule has 0 radical (unpaired) electrons. The van der Waals surface area contributed by atoms with Gasteiger partial charge in [-0.15, -0.1) is 0 Å². The van der Waals surface area contributed by atoms with Crippen LogP contribution in [0.4, 0.5) is 17.1 Å². The standard InChI is InChI=1S/C53H54N2/c1-34-16-21-37-12-8-10-14-49(37)54(34)39-22-26-43-41-24-19-35(30-45(41)52(4,5)47(43)32-39)17-18-36-20-25-42-44-27-23-40(33-48(44)53(6,7)46(42)31-36)55-50-15-11-9-13-38(50)28-29-51(55,2)3/h9-11,13-15,17-20,22-27,30-34H,8,12,16,21,28-29H2,1-7H3/b18-17+. The lowest BCUT2D eigenvalue weighted by Gasteiger charge is -2.45. The van der Waals surface area contributed by atoms with Crippen LogP contribution in [0, 0.1) is 0 Å². The summed E-state index contributed by atoms with van der Waals surface area (Å²) >= 11 is 0. The van der Waals surface area contributed by atoms with E-state index in [-0.39, 0.29) is 16.4 Å². The Morgan fingerprint density at radius 2 is 1.16 bits per heavy atom. The Morgan fingerprint density at radius 3 is 1.82 bits per heavy atom. The van der Waals surface area contributed by atoms with Gasteiger partial charge in [-0.2, -0.15) is 0 Å². The summed E-state index contributed by atoms with van der Waals surface area (Å²) in [5.74, 6) is 0. The van der Waals surface area contributed by atoms with Crippen molar-refractivity contribution in [2.45, 2.75) is 109 Å². The molecule has 0 saturated heterocycles. The van der Waals surface area contributed by atoms with E-state index in [2.05, 4.69) is 180 Å². The van der Waals surface area contributed by atoms with Crippen molar-refractivity contribution in [2.75, 3.05) is 9.80 Å². The van der Waals surface area contributed by atoms with E-state index in [1.165, 1.54) is 110 Å². The fraction of sp³-hybridized carbons (Fsp3) is 0.321. The predicted molar refractivity (Wildman–Crippen MR) is 234 cm³/mol. The monoisotopic (exact) mass is 718 g/mol. The molecule has 0 amide bonds. The van der Waals surface area contributed by atoms with Crippen molar-refractivity contribution in [1.82, 2.24) is 0 Å². The summed E-state index contributed by atoms with van der Waals surface area (Å²) in [6, 6.07) is 38.1. The van der Waals surface area contributed by atoms with Crippen molar-refractivity contribution in [3.8, 4) is 22.3 Å². The molecule has 2 heterocycles. The van der Waals surface area contributed by atoms with Gasteiger partial charge in [-0.1, -0.05) is 113 Å². The Balaban J connectivity index is 0.933. The first-order chi connectivity index (χ1) is 26.4. The van der Waals surface area contributed by atoms with Crippen LogP contribution in [0.2, 0.25) is 0 Å². The molecule has 5 aromatic rings. The normalized spacial score (nSPS) is 20.9. The third kappa shape index (κ3) is 5.27. The Hall–Kier alpha value is -5.08. The Kier molecular flexibility index (Phi) is 7.64. The SMILES string of the molecule is CC1CCC2=C(C=CCC2)N1c1ccc2c(c1)C(C)(C)c1cc(/C=C/c3ccc4c(c3)C(C)(C)c3cc(N5c6ccccc6CCC5(C)C)ccc3-4)ccc1-2. The average molecular weight is 719 g/mol. The lowest BCUT2D eigenvalue weighted by Crippen LogP contribution is -2.44. The smallest absolute Gasteiger partial charge is 0.0448 e. The van der Waals surface area contributed by atoms with Gasteiger partial charge in [-0.3, -0.25) is 0 Å². The van der Waals surface area contributed by atoms with Crippen molar-refractivity contribution in [3.63, 3.8) is 0 Å². The highest BCUT2D eigenvalue weighted by Gasteiger charge is 2.40. The molecule has 0 N–H and O–H groups in total. The molecule has 0 saturated carbocycles. The van der Waals surface area contributed by atoms with Gasteiger partial charge >= 0.3 is 0 Å². The molecule has 10 rings (SSSR count). The van der Waals surface area contributed by atoms with Crippen molar-refractivity contribution in [1.29, 1.82) is 0 Å². The van der Waals surface area contributed by atoms with Gasteiger partial charge in [-0.05, 0) is 162 Å². The lowest BCUT2D eigenvalue weighted by molar-refractivity contribution is 0.447. The van der Waals surface area contributed by atoms with Gasteiger partial charge in [0.2, 0.25) is 0 Å². The number of hydrogen-bond donors (Lipinski definition) is 0. The first-order valence-corrected chi connectivity index (χ1v) is 20.7. The fourth-order valence-corrected chi connectivity index (χ4v) is 10.8. The minimum absolute atomic E-state index is 0.0510. The molecule has 1 unspecified atom stereocenters. The van der Waals surface area contributed by atoms with Gasteiger partial charge in [0.05, 0.1) is 0 Å². The van der Waals surface area contributed by atoms with E-state index in [9.17, 15) is 0 Å². The molecule has 0 spiro atoms. The third-order valence-electron chi connectivity index (χ3n) is 14.0. The third-order valence-corrected chi connectivity index (χ3v) is 14.0. The quantitative estimate of drug-likeness (QED) is 0.171. The van der Waals surface area contributed by atoms with Crippen molar-refractivity contribution >= 4 is 29.2 Å². The lowest BCUT2D eigenvalue weighted by atomic mass is 9.81. The molecule has 276 valence electrons. The number of anilines is 3. The number of hydrogen-bond acceptors (Lipinski definition) is 2. The molecule has 2 aliphatic heterocycles. The largest absolute Gasteiger partial charge is 0.339 e. The second-order valence-electron chi connectivity index (χ2n) is 18.6.